The molecule has 0 saturated carbocycles. The Morgan fingerprint density at radius 3 is 2.57 bits per heavy atom. The molecule has 2 heterocycles. The van der Waals surface area contributed by atoms with Crippen LogP contribution < -0.4 is 5.56 Å². The summed E-state index contributed by atoms with van der Waals surface area (Å²) in [5.41, 5.74) is 0.396. The van der Waals surface area contributed by atoms with Gasteiger partial charge in [-0.3, -0.25) is 9.59 Å². The van der Waals surface area contributed by atoms with E-state index in [-0.39, 0.29) is 30.4 Å². The Balaban J connectivity index is 2.33. The van der Waals surface area contributed by atoms with Crippen LogP contribution in [-0.2, 0) is 20.7 Å². The van der Waals surface area contributed by atoms with Crippen molar-refractivity contribution in [1.82, 2.24) is 9.97 Å². The van der Waals surface area contributed by atoms with Crippen LogP contribution >= 0.6 is 11.3 Å². The van der Waals surface area contributed by atoms with E-state index in [9.17, 15) is 14.4 Å². The zero-order valence-electron chi connectivity index (χ0n) is 13.2. The number of carbonyl (C=O) groups excluding carboxylic acids is 2. The summed E-state index contributed by atoms with van der Waals surface area (Å²) in [4.78, 5) is 43.3. The lowest BCUT2D eigenvalue weighted by molar-refractivity contribution is -0.143. The predicted octanol–water partition coefficient (Wildman–Crippen LogP) is 1.97. The normalized spacial score (nSPS) is 10.7. The van der Waals surface area contributed by atoms with Crippen LogP contribution in [0, 0.1) is 6.92 Å². The van der Waals surface area contributed by atoms with Crippen LogP contribution in [0.1, 0.15) is 41.3 Å². The zero-order valence-corrected chi connectivity index (χ0v) is 14.0. The van der Waals surface area contributed by atoms with Gasteiger partial charge in [0.25, 0.3) is 5.56 Å². The van der Waals surface area contributed by atoms with Gasteiger partial charge in [0.2, 0.25) is 5.82 Å². The van der Waals surface area contributed by atoms with Gasteiger partial charge < -0.3 is 14.5 Å². The first kappa shape index (κ1) is 17.1. The number of carbonyl (C=O) groups is 2. The molecule has 8 heteroatoms. The number of aromatic amines is 1. The molecule has 0 aromatic carbocycles. The smallest absolute Gasteiger partial charge is 0.374 e. The number of hydrogen-bond acceptors (Lipinski definition) is 7. The average molecular weight is 338 g/mol. The molecule has 0 aliphatic heterocycles. The molecule has 0 atom stereocenters. The minimum Gasteiger partial charge on any atom is -0.466 e. The summed E-state index contributed by atoms with van der Waals surface area (Å²) in [6.07, 6.45) is 0.712. The quantitative estimate of drug-likeness (QED) is 0.809. The van der Waals surface area contributed by atoms with Gasteiger partial charge in [-0.2, -0.15) is 0 Å². The molecular formula is C15H18N2O5S. The van der Waals surface area contributed by atoms with E-state index in [1.807, 2.05) is 0 Å². The number of ether oxygens (including phenoxy) is 2. The van der Waals surface area contributed by atoms with Gasteiger partial charge in [-0.25, -0.2) is 9.78 Å². The van der Waals surface area contributed by atoms with Crippen LogP contribution in [0.2, 0.25) is 0 Å². The van der Waals surface area contributed by atoms with Crippen molar-refractivity contribution in [3.05, 3.63) is 26.6 Å². The zero-order chi connectivity index (χ0) is 17.0. The average Bonchev–Trinajstić information content (AvgIpc) is 2.82. The van der Waals surface area contributed by atoms with Crippen LogP contribution in [0.4, 0.5) is 0 Å². The van der Waals surface area contributed by atoms with Gasteiger partial charge >= 0.3 is 11.9 Å². The number of esters is 2. The summed E-state index contributed by atoms with van der Waals surface area (Å²) in [7, 11) is 0. The fraction of sp³-hybridized carbons (Fsp3) is 0.467. The molecule has 0 radical (unpaired) electrons. The van der Waals surface area contributed by atoms with E-state index in [4.69, 9.17) is 9.47 Å². The van der Waals surface area contributed by atoms with E-state index in [1.54, 1.807) is 20.8 Å². The van der Waals surface area contributed by atoms with Gasteiger partial charge in [-0.15, -0.1) is 11.3 Å². The second-order valence-electron chi connectivity index (χ2n) is 4.77. The fourth-order valence-corrected chi connectivity index (χ4v) is 3.35. The molecule has 0 aliphatic rings. The highest BCUT2D eigenvalue weighted by Crippen LogP contribution is 2.28. The molecule has 0 spiro atoms. The molecule has 7 nitrogen and oxygen atoms in total. The molecule has 1 N–H and O–H groups in total. The Morgan fingerprint density at radius 1 is 1.22 bits per heavy atom. The van der Waals surface area contributed by atoms with Gasteiger partial charge in [0, 0.05) is 4.88 Å². The fourth-order valence-electron chi connectivity index (χ4n) is 2.17. The summed E-state index contributed by atoms with van der Waals surface area (Å²) in [6, 6.07) is 0. The van der Waals surface area contributed by atoms with Crippen LogP contribution in [-0.4, -0.2) is 35.1 Å². The number of rotatable bonds is 6. The molecule has 0 saturated heterocycles. The van der Waals surface area contributed by atoms with E-state index in [2.05, 4.69) is 9.97 Å². The molecule has 0 aliphatic carbocycles. The summed E-state index contributed by atoms with van der Waals surface area (Å²) < 4.78 is 9.75. The highest BCUT2D eigenvalue weighted by atomic mass is 32.1. The van der Waals surface area contributed by atoms with Crippen molar-refractivity contribution >= 4 is 33.5 Å². The van der Waals surface area contributed by atoms with E-state index < -0.39 is 5.97 Å². The minimum absolute atomic E-state index is 0.109. The number of fused-ring (bicyclic) bond motifs is 1. The second-order valence-corrected chi connectivity index (χ2v) is 5.85. The monoisotopic (exact) mass is 338 g/mol. The number of nitrogens with zero attached hydrogens (tertiary/aromatic N) is 1. The van der Waals surface area contributed by atoms with Gasteiger partial charge in [-0.1, -0.05) is 0 Å². The van der Waals surface area contributed by atoms with Crippen molar-refractivity contribution in [2.24, 2.45) is 0 Å². The molecule has 0 fully saturated rings. The van der Waals surface area contributed by atoms with E-state index in [1.165, 1.54) is 11.3 Å². The first-order valence-corrected chi connectivity index (χ1v) is 8.14. The van der Waals surface area contributed by atoms with Crippen LogP contribution in [0.3, 0.4) is 0 Å². The Bertz CT molecular complexity index is 793. The summed E-state index contributed by atoms with van der Waals surface area (Å²) >= 11 is 1.30. The van der Waals surface area contributed by atoms with Crippen molar-refractivity contribution in [3.8, 4) is 0 Å². The topological polar surface area (TPSA) is 98.3 Å². The Labute approximate surface area is 136 Å². The van der Waals surface area contributed by atoms with E-state index >= 15 is 0 Å². The maximum Gasteiger partial charge on any atom is 0.374 e. The number of aromatic nitrogens is 2. The summed E-state index contributed by atoms with van der Waals surface area (Å²) in [5, 5.41) is 0.446. The van der Waals surface area contributed by atoms with Crippen LogP contribution in [0.5, 0.6) is 0 Å². The van der Waals surface area contributed by atoms with Crippen molar-refractivity contribution in [2.75, 3.05) is 13.2 Å². The van der Waals surface area contributed by atoms with Crippen molar-refractivity contribution in [1.29, 1.82) is 0 Å². The highest BCUT2D eigenvalue weighted by Gasteiger charge is 2.18. The van der Waals surface area contributed by atoms with Gasteiger partial charge in [0.05, 0.1) is 25.0 Å². The van der Waals surface area contributed by atoms with Crippen molar-refractivity contribution < 1.29 is 19.1 Å². The lowest BCUT2D eigenvalue weighted by atomic mass is 10.1. The van der Waals surface area contributed by atoms with Crippen molar-refractivity contribution in [3.63, 3.8) is 0 Å². The Morgan fingerprint density at radius 2 is 1.91 bits per heavy atom. The highest BCUT2D eigenvalue weighted by molar-refractivity contribution is 7.18. The molecule has 0 bridgehead atoms. The molecule has 2 aromatic rings. The molecule has 2 rings (SSSR count). The molecule has 124 valence electrons. The lowest BCUT2D eigenvalue weighted by Gasteiger charge is -2.01. The van der Waals surface area contributed by atoms with Crippen LogP contribution in [0.25, 0.3) is 10.2 Å². The van der Waals surface area contributed by atoms with Gasteiger partial charge in [0.15, 0.2) is 0 Å². The minimum atomic E-state index is -0.661. The third kappa shape index (κ3) is 3.76. The SMILES string of the molecule is CCOC(=O)CCc1sc2nc(C(=O)OCC)[nH]c(=O)c2c1C. The summed E-state index contributed by atoms with van der Waals surface area (Å²) in [6.45, 7) is 5.78. The first-order valence-electron chi connectivity index (χ1n) is 7.32. The standard InChI is InChI=1S/C15H18N2O5S/c1-4-21-10(18)7-6-9-8(3)11-13(19)16-12(15(20)22-5-2)17-14(11)23-9/h4-7H2,1-3H3,(H,16,17,19). The Hall–Kier alpha value is -2.22. The largest absolute Gasteiger partial charge is 0.466 e. The van der Waals surface area contributed by atoms with Gasteiger partial charge in [-0.05, 0) is 32.8 Å². The molecule has 0 amide bonds. The number of hydrogen-bond donors (Lipinski definition) is 1. The van der Waals surface area contributed by atoms with E-state index in [0.29, 0.717) is 23.2 Å². The van der Waals surface area contributed by atoms with Crippen molar-refractivity contribution in [2.45, 2.75) is 33.6 Å². The summed E-state index contributed by atoms with van der Waals surface area (Å²) in [5.74, 6) is -1.05. The van der Waals surface area contributed by atoms with E-state index in [0.717, 1.165) is 10.4 Å². The second kappa shape index (κ2) is 7.36. The number of H-pyrrole nitrogens is 1. The molecule has 23 heavy (non-hydrogen) atoms. The molecular weight excluding hydrogens is 320 g/mol. The lowest BCUT2D eigenvalue weighted by Crippen LogP contribution is -2.17. The van der Waals surface area contributed by atoms with Gasteiger partial charge in [0.1, 0.15) is 4.83 Å². The number of nitrogens with one attached hydrogen (secondary N) is 1. The predicted molar refractivity (Wildman–Crippen MR) is 85.9 cm³/mol. The van der Waals surface area contributed by atoms with Crippen LogP contribution in [0.15, 0.2) is 4.79 Å². The molecule has 2 aromatic heterocycles. The molecule has 0 unspecified atom stereocenters. The number of thiophene rings is 1. The number of aryl methyl sites for hydroxylation is 2. The Kier molecular flexibility index (Phi) is 5.49. The maximum absolute atomic E-state index is 12.2. The first-order chi connectivity index (χ1) is 11.0. The third-order valence-corrected chi connectivity index (χ3v) is 4.48. The third-order valence-electron chi connectivity index (χ3n) is 3.23. The maximum atomic E-state index is 12.2.